The molecule has 1 aliphatic heterocycles. The minimum Gasteiger partial charge on any atom is -0.481 e. The fourth-order valence-electron chi connectivity index (χ4n) is 2.30. The van der Waals surface area contributed by atoms with E-state index in [1.165, 1.54) is 0 Å². The summed E-state index contributed by atoms with van der Waals surface area (Å²) in [4.78, 5) is 25.2. The molecule has 2 atom stereocenters. The fourth-order valence-corrected chi connectivity index (χ4v) is 2.30. The zero-order chi connectivity index (χ0) is 14.5. The van der Waals surface area contributed by atoms with Crippen molar-refractivity contribution in [3.05, 3.63) is 0 Å². The van der Waals surface area contributed by atoms with Crippen LogP contribution in [0.1, 0.15) is 52.9 Å². The van der Waals surface area contributed by atoms with Gasteiger partial charge in [-0.25, -0.2) is 4.79 Å². The highest BCUT2D eigenvalue weighted by atomic mass is 16.4. The maximum atomic E-state index is 12.2. The number of hydrogen-bond donors (Lipinski definition) is 2. The van der Waals surface area contributed by atoms with Gasteiger partial charge in [0.15, 0.2) is 0 Å². The first-order valence-electron chi connectivity index (χ1n) is 7.18. The van der Waals surface area contributed by atoms with Gasteiger partial charge in [0.1, 0.15) is 0 Å². The van der Waals surface area contributed by atoms with E-state index < -0.39 is 11.4 Å². The molecule has 5 heteroatoms. The molecule has 1 fully saturated rings. The number of amides is 2. The number of likely N-dealkylation sites (tertiary alicyclic amines) is 1. The highest BCUT2D eigenvalue weighted by Gasteiger charge is 2.32. The first-order valence-corrected chi connectivity index (χ1v) is 7.18. The van der Waals surface area contributed by atoms with Crippen molar-refractivity contribution in [3.63, 3.8) is 0 Å². The van der Waals surface area contributed by atoms with Gasteiger partial charge in [-0.15, -0.1) is 0 Å². The predicted molar refractivity (Wildman–Crippen MR) is 74.1 cm³/mol. The number of urea groups is 1. The van der Waals surface area contributed by atoms with E-state index in [2.05, 4.69) is 12.2 Å². The molecule has 2 unspecified atom stereocenters. The van der Waals surface area contributed by atoms with Crippen molar-refractivity contribution >= 4 is 12.0 Å². The number of nitrogens with one attached hydrogen (secondary N) is 1. The standard InChI is InChI=1S/C14H26N2O3/c1-4-14(3,12(17)18)10-15-13(19)16-9-7-5-6-8-11(16)2/h11H,4-10H2,1-3H3,(H,15,19)(H,17,18). The van der Waals surface area contributed by atoms with Crippen LogP contribution in [-0.2, 0) is 4.79 Å². The van der Waals surface area contributed by atoms with Crippen LogP contribution < -0.4 is 5.32 Å². The van der Waals surface area contributed by atoms with E-state index in [1.807, 2.05) is 11.8 Å². The number of nitrogens with zero attached hydrogens (tertiary/aromatic N) is 1. The van der Waals surface area contributed by atoms with Gasteiger partial charge in [-0.1, -0.05) is 19.8 Å². The van der Waals surface area contributed by atoms with Crippen LogP contribution in [0.5, 0.6) is 0 Å². The maximum absolute atomic E-state index is 12.2. The van der Waals surface area contributed by atoms with Crippen LogP contribution in [0.2, 0.25) is 0 Å². The molecule has 0 aromatic rings. The summed E-state index contributed by atoms with van der Waals surface area (Å²) in [6.45, 7) is 6.50. The lowest BCUT2D eigenvalue weighted by molar-refractivity contribution is -0.147. The van der Waals surface area contributed by atoms with Gasteiger partial charge in [0.25, 0.3) is 0 Å². The Morgan fingerprint density at radius 1 is 1.37 bits per heavy atom. The van der Waals surface area contributed by atoms with E-state index in [0.29, 0.717) is 6.42 Å². The Labute approximate surface area is 115 Å². The second-order valence-electron chi connectivity index (χ2n) is 5.77. The third-order valence-electron chi connectivity index (χ3n) is 4.24. The molecule has 0 aromatic heterocycles. The Hall–Kier alpha value is -1.26. The molecule has 19 heavy (non-hydrogen) atoms. The summed E-state index contributed by atoms with van der Waals surface area (Å²) >= 11 is 0. The average Bonchev–Trinajstić information content (AvgIpc) is 2.60. The zero-order valence-corrected chi connectivity index (χ0v) is 12.2. The predicted octanol–water partition coefficient (Wildman–Crippen LogP) is 2.46. The van der Waals surface area contributed by atoms with E-state index in [9.17, 15) is 14.7 Å². The summed E-state index contributed by atoms with van der Waals surface area (Å²) in [6.07, 6.45) is 4.87. The normalized spacial score (nSPS) is 23.3. The Balaban J connectivity index is 2.56. The fraction of sp³-hybridized carbons (Fsp3) is 0.857. The zero-order valence-electron chi connectivity index (χ0n) is 12.2. The monoisotopic (exact) mass is 270 g/mol. The Morgan fingerprint density at radius 3 is 2.63 bits per heavy atom. The molecule has 2 N–H and O–H groups in total. The molecule has 1 aliphatic rings. The van der Waals surface area contributed by atoms with Crippen LogP contribution in [0.4, 0.5) is 4.79 Å². The van der Waals surface area contributed by atoms with E-state index in [-0.39, 0.29) is 18.6 Å². The van der Waals surface area contributed by atoms with E-state index in [1.54, 1.807) is 6.92 Å². The van der Waals surface area contributed by atoms with Gasteiger partial charge in [0.05, 0.1) is 5.41 Å². The number of carboxylic acid groups (broad SMARTS) is 1. The summed E-state index contributed by atoms with van der Waals surface area (Å²) in [5.74, 6) is -0.862. The SMILES string of the molecule is CCC(C)(CNC(=O)N1CCCCCC1C)C(=O)O. The van der Waals surface area contributed by atoms with Crippen molar-refractivity contribution in [1.82, 2.24) is 10.2 Å². The third-order valence-corrected chi connectivity index (χ3v) is 4.24. The molecule has 1 saturated heterocycles. The van der Waals surface area contributed by atoms with Crippen molar-refractivity contribution in [1.29, 1.82) is 0 Å². The van der Waals surface area contributed by atoms with Gasteiger partial charge >= 0.3 is 12.0 Å². The molecule has 2 amide bonds. The molecule has 5 nitrogen and oxygen atoms in total. The first-order chi connectivity index (χ1) is 8.90. The molecule has 0 aromatic carbocycles. The van der Waals surface area contributed by atoms with Crippen LogP contribution in [0.15, 0.2) is 0 Å². The van der Waals surface area contributed by atoms with Crippen LogP contribution in [-0.4, -0.2) is 41.1 Å². The van der Waals surface area contributed by atoms with E-state index >= 15 is 0 Å². The van der Waals surface area contributed by atoms with Crippen molar-refractivity contribution in [2.24, 2.45) is 5.41 Å². The van der Waals surface area contributed by atoms with Gasteiger partial charge in [-0.3, -0.25) is 4.79 Å². The molecule has 0 bridgehead atoms. The first kappa shape index (κ1) is 15.8. The molecule has 110 valence electrons. The lowest BCUT2D eigenvalue weighted by Gasteiger charge is -2.30. The van der Waals surface area contributed by atoms with Gasteiger partial charge in [0.2, 0.25) is 0 Å². The van der Waals surface area contributed by atoms with Crippen LogP contribution in [0, 0.1) is 5.41 Å². The molecule has 0 radical (unpaired) electrons. The Morgan fingerprint density at radius 2 is 2.05 bits per heavy atom. The second-order valence-corrected chi connectivity index (χ2v) is 5.77. The third kappa shape index (κ3) is 4.11. The molecular weight excluding hydrogens is 244 g/mol. The van der Waals surface area contributed by atoms with E-state index in [4.69, 9.17) is 0 Å². The summed E-state index contributed by atoms with van der Waals surface area (Å²) in [7, 11) is 0. The molecule has 1 heterocycles. The van der Waals surface area contributed by atoms with Gasteiger partial charge in [-0.2, -0.15) is 0 Å². The smallest absolute Gasteiger partial charge is 0.317 e. The minimum absolute atomic E-state index is 0.129. The maximum Gasteiger partial charge on any atom is 0.317 e. The number of rotatable bonds is 4. The van der Waals surface area contributed by atoms with Gasteiger partial charge in [0, 0.05) is 19.1 Å². The van der Waals surface area contributed by atoms with Crippen LogP contribution in [0.25, 0.3) is 0 Å². The number of aliphatic carboxylic acids is 1. The summed E-state index contributed by atoms with van der Waals surface area (Å²) in [5, 5.41) is 12.0. The van der Waals surface area contributed by atoms with Crippen molar-refractivity contribution in [2.45, 2.75) is 58.9 Å². The number of hydrogen-bond acceptors (Lipinski definition) is 2. The summed E-state index contributed by atoms with van der Waals surface area (Å²) in [6, 6.07) is 0.107. The molecular formula is C14H26N2O3. The molecule has 1 rings (SSSR count). The second kappa shape index (κ2) is 6.78. The molecule has 0 aliphatic carbocycles. The summed E-state index contributed by atoms with van der Waals surface area (Å²) in [5.41, 5.74) is -0.884. The highest BCUT2D eigenvalue weighted by molar-refractivity contribution is 5.78. The lowest BCUT2D eigenvalue weighted by atomic mass is 9.88. The van der Waals surface area contributed by atoms with Gasteiger partial charge in [-0.05, 0) is 33.1 Å². The molecule has 0 spiro atoms. The quantitative estimate of drug-likeness (QED) is 0.824. The topological polar surface area (TPSA) is 69.6 Å². The summed E-state index contributed by atoms with van der Waals surface area (Å²) < 4.78 is 0. The Kier molecular flexibility index (Phi) is 5.63. The lowest BCUT2D eigenvalue weighted by Crippen LogP contribution is -2.49. The van der Waals surface area contributed by atoms with Crippen molar-refractivity contribution < 1.29 is 14.7 Å². The average molecular weight is 270 g/mol. The highest BCUT2D eigenvalue weighted by Crippen LogP contribution is 2.21. The van der Waals surface area contributed by atoms with Crippen molar-refractivity contribution in [2.75, 3.05) is 13.1 Å². The van der Waals surface area contributed by atoms with E-state index in [0.717, 1.165) is 32.2 Å². The minimum atomic E-state index is -0.884. The van der Waals surface area contributed by atoms with Crippen LogP contribution >= 0.6 is 0 Å². The Bertz CT molecular complexity index is 333. The van der Waals surface area contributed by atoms with Gasteiger partial charge < -0.3 is 15.3 Å². The number of carbonyl (C=O) groups excluding carboxylic acids is 1. The van der Waals surface area contributed by atoms with Crippen LogP contribution in [0.3, 0.4) is 0 Å². The van der Waals surface area contributed by atoms with Crippen molar-refractivity contribution in [3.8, 4) is 0 Å². The molecule has 0 saturated carbocycles. The largest absolute Gasteiger partial charge is 0.481 e. The number of carbonyl (C=O) groups is 2. The number of carboxylic acids is 1.